The maximum absolute atomic E-state index is 6.15. The molecule has 1 aliphatic carbocycles. The predicted molar refractivity (Wildman–Crippen MR) is 77.6 cm³/mol. The Kier molecular flexibility index (Phi) is 3.34. The van der Waals surface area contributed by atoms with Crippen LogP contribution in [-0.2, 0) is 5.41 Å². The van der Waals surface area contributed by atoms with Crippen molar-refractivity contribution in [3.8, 4) is 0 Å². The largest absolute Gasteiger partial charge is 0.302 e. The van der Waals surface area contributed by atoms with Gasteiger partial charge >= 0.3 is 0 Å². The molecule has 1 heterocycles. The molecule has 0 unspecified atom stereocenters. The fourth-order valence-corrected chi connectivity index (χ4v) is 3.69. The molecular formula is C15H19Cl2N. The molecule has 18 heavy (non-hydrogen) atoms. The third-order valence-corrected chi connectivity index (χ3v) is 5.28. The minimum atomic E-state index is 0.391. The topological polar surface area (TPSA) is 3.24 Å². The average Bonchev–Trinajstić information content (AvgIpc) is 2.93. The van der Waals surface area contributed by atoms with Crippen LogP contribution in [-0.4, -0.2) is 24.5 Å². The molecule has 0 N–H and O–H groups in total. The number of benzene rings is 1. The van der Waals surface area contributed by atoms with Gasteiger partial charge in [0, 0.05) is 18.5 Å². The van der Waals surface area contributed by atoms with Crippen LogP contribution in [0.3, 0.4) is 0 Å². The molecule has 1 nitrogen and oxygen atoms in total. The maximum atomic E-state index is 6.15. The van der Waals surface area contributed by atoms with Crippen molar-refractivity contribution < 1.29 is 0 Å². The van der Waals surface area contributed by atoms with E-state index in [1.165, 1.54) is 44.5 Å². The molecule has 1 aromatic carbocycles. The first kappa shape index (κ1) is 12.8. The summed E-state index contributed by atoms with van der Waals surface area (Å²) in [6.07, 6.45) is 3.92. The number of rotatable bonds is 4. The number of piperidine rings is 1. The van der Waals surface area contributed by atoms with Crippen LogP contribution in [0.5, 0.6) is 0 Å². The van der Waals surface area contributed by atoms with Gasteiger partial charge in [-0.3, -0.25) is 0 Å². The SMILES string of the molecule is CCCCN1C[C@H]2C[C@@]2(c2ccc(Cl)c(Cl)c2)C1. The van der Waals surface area contributed by atoms with Gasteiger partial charge in [0.15, 0.2) is 0 Å². The van der Waals surface area contributed by atoms with E-state index in [1.54, 1.807) is 0 Å². The van der Waals surface area contributed by atoms with E-state index in [9.17, 15) is 0 Å². The summed E-state index contributed by atoms with van der Waals surface area (Å²) in [6, 6.07) is 6.18. The minimum Gasteiger partial charge on any atom is -0.302 e. The van der Waals surface area contributed by atoms with Crippen LogP contribution < -0.4 is 0 Å². The molecule has 3 heteroatoms. The van der Waals surface area contributed by atoms with Gasteiger partial charge in [0.25, 0.3) is 0 Å². The van der Waals surface area contributed by atoms with Crippen LogP contribution in [0.2, 0.25) is 10.0 Å². The van der Waals surface area contributed by atoms with Crippen LogP contribution in [0.1, 0.15) is 31.7 Å². The van der Waals surface area contributed by atoms with Gasteiger partial charge in [-0.15, -0.1) is 0 Å². The molecule has 0 spiro atoms. The summed E-state index contributed by atoms with van der Waals surface area (Å²) in [7, 11) is 0. The van der Waals surface area contributed by atoms with Crippen molar-refractivity contribution in [1.82, 2.24) is 4.90 Å². The summed E-state index contributed by atoms with van der Waals surface area (Å²) < 4.78 is 0. The van der Waals surface area contributed by atoms with Crippen LogP contribution in [0.15, 0.2) is 18.2 Å². The van der Waals surface area contributed by atoms with Crippen molar-refractivity contribution in [3.05, 3.63) is 33.8 Å². The zero-order valence-electron chi connectivity index (χ0n) is 10.8. The highest BCUT2D eigenvalue weighted by atomic mass is 35.5. The number of fused-ring (bicyclic) bond motifs is 1. The average molecular weight is 284 g/mol. The number of hydrogen-bond acceptors (Lipinski definition) is 1. The van der Waals surface area contributed by atoms with Crippen LogP contribution in [0, 0.1) is 5.92 Å². The first-order chi connectivity index (χ1) is 8.65. The number of nitrogens with zero attached hydrogens (tertiary/aromatic N) is 1. The van der Waals surface area contributed by atoms with Gasteiger partial charge in [0.1, 0.15) is 0 Å². The summed E-state index contributed by atoms with van der Waals surface area (Å²) >= 11 is 12.1. The molecule has 3 rings (SSSR count). The Balaban J connectivity index is 1.75. The smallest absolute Gasteiger partial charge is 0.0595 e. The van der Waals surface area contributed by atoms with E-state index in [4.69, 9.17) is 23.2 Å². The van der Waals surface area contributed by atoms with E-state index in [-0.39, 0.29) is 0 Å². The van der Waals surface area contributed by atoms with E-state index >= 15 is 0 Å². The fraction of sp³-hybridized carbons (Fsp3) is 0.600. The molecule has 2 atom stereocenters. The highest BCUT2D eigenvalue weighted by molar-refractivity contribution is 6.42. The van der Waals surface area contributed by atoms with Crippen LogP contribution in [0.25, 0.3) is 0 Å². The Morgan fingerprint density at radius 3 is 2.89 bits per heavy atom. The second-order valence-corrected chi connectivity index (χ2v) is 6.59. The fourth-order valence-electron chi connectivity index (χ4n) is 3.39. The van der Waals surface area contributed by atoms with E-state index in [2.05, 4.69) is 24.0 Å². The second kappa shape index (κ2) is 4.70. The lowest BCUT2D eigenvalue weighted by molar-refractivity contribution is 0.293. The Labute approximate surface area is 119 Å². The third kappa shape index (κ3) is 2.07. The Morgan fingerprint density at radius 1 is 1.33 bits per heavy atom. The lowest BCUT2D eigenvalue weighted by Crippen LogP contribution is -2.27. The minimum absolute atomic E-state index is 0.391. The molecule has 98 valence electrons. The number of likely N-dealkylation sites (tertiary alicyclic amines) is 1. The van der Waals surface area contributed by atoms with Gasteiger partial charge in [-0.1, -0.05) is 42.6 Å². The first-order valence-corrected chi connectivity index (χ1v) is 7.59. The molecule has 0 bridgehead atoms. The summed E-state index contributed by atoms with van der Waals surface area (Å²) in [6.45, 7) is 5.97. The zero-order valence-corrected chi connectivity index (χ0v) is 12.3. The Morgan fingerprint density at radius 2 is 2.17 bits per heavy atom. The number of hydrogen-bond donors (Lipinski definition) is 0. The highest BCUT2D eigenvalue weighted by Crippen LogP contribution is 2.59. The van der Waals surface area contributed by atoms with E-state index < -0.39 is 0 Å². The van der Waals surface area contributed by atoms with E-state index in [0.29, 0.717) is 15.5 Å². The molecular weight excluding hydrogens is 265 g/mol. The molecule has 2 aliphatic rings. The lowest BCUT2D eigenvalue weighted by atomic mass is 9.95. The van der Waals surface area contributed by atoms with Crippen molar-refractivity contribution in [2.45, 2.75) is 31.6 Å². The second-order valence-electron chi connectivity index (χ2n) is 5.77. The van der Waals surface area contributed by atoms with Crippen LogP contribution in [0.4, 0.5) is 0 Å². The summed E-state index contributed by atoms with van der Waals surface area (Å²) in [5.74, 6) is 0.839. The van der Waals surface area contributed by atoms with E-state index in [0.717, 1.165) is 5.92 Å². The molecule has 1 aliphatic heterocycles. The molecule has 1 saturated carbocycles. The molecule has 1 saturated heterocycles. The van der Waals surface area contributed by atoms with Crippen molar-refractivity contribution in [3.63, 3.8) is 0 Å². The van der Waals surface area contributed by atoms with Gasteiger partial charge in [-0.25, -0.2) is 0 Å². The van der Waals surface area contributed by atoms with Crippen LogP contribution >= 0.6 is 23.2 Å². The lowest BCUT2D eigenvalue weighted by Gasteiger charge is -2.21. The number of halogens is 2. The molecule has 0 amide bonds. The highest BCUT2D eigenvalue weighted by Gasteiger charge is 2.60. The number of unbranched alkanes of at least 4 members (excludes halogenated alkanes) is 1. The normalized spacial score (nSPS) is 30.5. The quantitative estimate of drug-likeness (QED) is 0.793. The first-order valence-electron chi connectivity index (χ1n) is 6.83. The van der Waals surface area contributed by atoms with Gasteiger partial charge in [0.2, 0.25) is 0 Å². The van der Waals surface area contributed by atoms with Gasteiger partial charge in [-0.05, 0) is 43.0 Å². The maximum Gasteiger partial charge on any atom is 0.0595 e. The van der Waals surface area contributed by atoms with Gasteiger partial charge in [-0.2, -0.15) is 0 Å². The summed E-state index contributed by atoms with van der Waals surface area (Å²) in [4.78, 5) is 2.61. The Bertz CT molecular complexity index is 460. The third-order valence-electron chi connectivity index (χ3n) is 4.54. The molecule has 1 aromatic rings. The molecule has 0 radical (unpaired) electrons. The van der Waals surface area contributed by atoms with Gasteiger partial charge in [0.05, 0.1) is 10.0 Å². The van der Waals surface area contributed by atoms with Crippen molar-refractivity contribution in [2.75, 3.05) is 19.6 Å². The van der Waals surface area contributed by atoms with E-state index in [1.807, 2.05) is 6.07 Å². The Hall–Kier alpha value is -0.240. The summed E-state index contributed by atoms with van der Waals surface area (Å²) in [5.41, 5.74) is 1.78. The van der Waals surface area contributed by atoms with Crippen molar-refractivity contribution in [1.29, 1.82) is 0 Å². The standard InChI is InChI=1S/C15H19Cl2N/c1-2-3-6-18-9-12-8-15(12,10-18)11-4-5-13(16)14(17)7-11/h4-5,7,12H,2-3,6,8-10H2,1H3/t12-,15+/m1/s1. The van der Waals surface area contributed by atoms with Crippen molar-refractivity contribution in [2.24, 2.45) is 5.92 Å². The van der Waals surface area contributed by atoms with Gasteiger partial charge < -0.3 is 4.90 Å². The monoisotopic (exact) mass is 283 g/mol. The molecule has 2 fully saturated rings. The summed E-state index contributed by atoms with van der Waals surface area (Å²) in [5, 5.41) is 1.36. The zero-order chi connectivity index (χ0) is 12.8. The van der Waals surface area contributed by atoms with Crippen molar-refractivity contribution >= 4 is 23.2 Å². The predicted octanol–water partition coefficient (Wildman–Crippen LogP) is 4.37. The molecule has 0 aromatic heterocycles.